The van der Waals surface area contributed by atoms with E-state index >= 15 is 0 Å². The molecule has 0 amide bonds. The summed E-state index contributed by atoms with van der Waals surface area (Å²) in [5.41, 5.74) is 0.386. The fourth-order valence-corrected chi connectivity index (χ4v) is 2.38. The Balaban J connectivity index is 2.98. The summed E-state index contributed by atoms with van der Waals surface area (Å²) in [6.45, 7) is 0. The summed E-state index contributed by atoms with van der Waals surface area (Å²) in [5.74, 6) is -0.0118. The van der Waals surface area contributed by atoms with E-state index in [2.05, 4.69) is 37.0 Å². The van der Waals surface area contributed by atoms with Crippen LogP contribution in [0.3, 0.4) is 0 Å². The first-order chi connectivity index (χ1) is 7.29. The molecule has 1 aromatic carbocycles. The number of hydrogen-bond acceptors (Lipinski definition) is 4. The molecule has 0 saturated heterocycles. The van der Waals surface area contributed by atoms with Gasteiger partial charge in [-0.05, 0) is 28.1 Å². The molecule has 2 N–H and O–H groups in total. The Morgan fingerprint density at radius 3 is 2.62 bits per heavy atom. The van der Waals surface area contributed by atoms with Gasteiger partial charge < -0.3 is 5.11 Å². The number of phenols is 1. The van der Waals surface area contributed by atoms with Crippen LogP contribution in [-0.4, -0.2) is 26.0 Å². The third-order valence-corrected chi connectivity index (χ3v) is 2.98. The molecule has 1 rings (SSSR count). The van der Waals surface area contributed by atoms with Gasteiger partial charge in [-0.1, -0.05) is 15.9 Å². The lowest BCUT2D eigenvalue weighted by Crippen LogP contribution is -2.15. The third kappa shape index (κ3) is 4.11. The molecule has 0 atom stereocenters. The van der Waals surface area contributed by atoms with Crippen LogP contribution < -0.4 is 4.83 Å². The number of phenolic OH excluding ortho intramolecular Hbond substituents is 1. The van der Waals surface area contributed by atoms with Gasteiger partial charge in [0, 0.05) is 10.0 Å². The highest BCUT2D eigenvalue weighted by molar-refractivity contribution is 9.11. The minimum absolute atomic E-state index is 0.0118. The highest BCUT2D eigenvalue weighted by Gasteiger charge is 2.05. The van der Waals surface area contributed by atoms with Crippen molar-refractivity contribution in [1.82, 2.24) is 4.83 Å². The summed E-state index contributed by atoms with van der Waals surface area (Å²) in [6, 6.07) is 3.27. The molecule has 0 bridgehead atoms. The number of aromatic hydroxyl groups is 1. The van der Waals surface area contributed by atoms with Gasteiger partial charge in [-0.3, -0.25) is 0 Å². The monoisotopic (exact) mass is 370 g/mol. The smallest absolute Gasteiger partial charge is 0.244 e. The normalized spacial score (nSPS) is 11.9. The summed E-state index contributed by atoms with van der Waals surface area (Å²) in [7, 11) is -3.38. The number of nitrogens with zero attached hydrogens (tertiary/aromatic N) is 1. The fraction of sp³-hybridized carbons (Fsp3) is 0.125. The first-order valence-electron chi connectivity index (χ1n) is 3.97. The molecule has 0 radical (unpaired) electrons. The Morgan fingerprint density at radius 1 is 1.44 bits per heavy atom. The number of hydrazone groups is 1. The van der Waals surface area contributed by atoms with E-state index in [4.69, 9.17) is 0 Å². The molecule has 0 aromatic heterocycles. The lowest BCUT2D eigenvalue weighted by atomic mass is 10.2. The first kappa shape index (κ1) is 13.5. The number of rotatable bonds is 3. The van der Waals surface area contributed by atoms with Crippen LogP contribution >= 0.6 is 31.9 Å². The Bertz CT molecular complexity index is 528. The van der Waals surface area contributed by atoms with Gasteiger partial charge in [-0.15, -0.1) is 0 Å². The molecule has 5 nitrogen and oxygen atoms in total. The first-order valence-corrected chi connectivity index (χ1v) is 7.45. The zero-order valence-corrected chi connectivity index (χ0v) is 12.1. The number of hydrogen-bond donors (Lipinski definition) is 2. The van der Waals surface area contributed by atoms with Crippen molar-refractivity contribution in [3.63, 3.8) is 0 Å². The number of sulfonamides is 1. The van der Waals surface area contributed by atoms with Gasteiger partial charge >= 0.3 is 0 Å². The van der Waals surface area contributed by atoms with Gasteiger partial charge in [-0.25, -0.2) is 13.2 Å². The highest BCUT2D eigenvalue weighted by atomic mass is 79.9. The van der Waals surface area contributed by atoms with Gasteiger partial charge in [-0.2, -0.15) is 5.10 Å². The van der Waals surface area contributed by atoms with Crippen LogP contribution in [0.15, 0.2) is 26.2 Å². The van der Waals surface area contributed by atoms with Gasteiger partial charge in [0.1, 0.15) is 5.75 Å². The highest BCUT2D eigenvalue weighted by Crippen LogP contribution is 2.30. The van der Waals surface area contributed by atoms with E-state index in [1.807, 2.05) is 4.83 Å². The van der Waals surface area contributed by atoms with Crippen LogP contribution in [0.25, 0.3) is 0 Å². The molecule has 0 heterocycles. The fourth-order valence-electron chi connectivity index (χ4n) is 0.876. The van der Waals surface area contributed by atoms with E-state index in [1.165, 1.54) is 6.21 Å². The second-order valence-electron chi connectivity index (χ2n) is 2.95. The van der Waals surface area contributed by atoms with Gasteiger partial charge in [0.05, 0.1) is 16.9 Å². The van der Waals surface area contributed by atoms with Crippen LogP contribution in [0.2, 0.25) is 0 Å². The minimum atomic E-state index is -3.38. The second kappa shape index (κ2) is 5.15. The standard InChI is InChI=1S/C8H8Br2N2O3S/c1-16(14,15)12-11-4-5-2-6(9)3-7(10)8(5)13/h2-4,12-13H,1H3. The second-order valence-corrected chi connectivity index (χ2v) is 6.44. The van der Waals surface area contributed by atoms with Crippen LogP contribution in [0, 0.1) is 0 Å². The Kier molecular flexibility index (Phi) is 4.34. The quantitative estimate of drug-likeness (QED) is 0.628. The van der Waals surface area contributed by atoms with Crippen molar-refractivity contribution < 1.29 is 13.5 Å². The predicted octanol–water partition coefficient (Wildman–Crippen LogP) is 1.80. The van der Waals surface area contributed by atoms with Crippen LogP contribution in [0.4, 0.5) is 0 Å². The molecule has 0 aliphatic heterocycles. The van der Waals surface area contributed by atoms with E-state index in [0.717, 1.165) is 10.7 Å². The molecule has 0 unspecified atom stereocenters. The summed E-state index contributed by atoms with van der Waals surface area (Å²) in [6.07, 6.45) is 2.20. The molecule has 16 heavy (non-hydrogen) atoms. The van der Waals surface area contributed by atoms with Gasteiger partial charge in [0.15, 0.2) is 0 Å². The Labute approximate surface area is 110 Å². The predicted molar refractivity (Wildman–Crippen MR) is 69.1 cm³/mol. The number of halogens is 2. The largest absolute Gasteiger partial charge is 0.506 e. The van der Waals surface area contributed by atoms with Gasteiger partial charge in [0.25, 0.3) is 0 Å². The molecule has 88 valence electrons. The minimum Gasteiger partial charge on any atom is -0.506 e. The molecule has 0 fully saturated rings. The molecular formula is C8H8Br2N2O3S. The van der Waals surface area contributed by atoms with Crippen molar-refractivity contribution >= 4 is 48.1 Å². The van der Waals surface area contributed by atoms with Crippen LogP contribution in [-0.2, 0) is 10.0 Å². The maximum atomic E-state index is 10.7. The topological polar surface area (TPSA) is 78.8 Å². The van der Waals surface area contributed by atoms with E-state index in [0.29, 0.717) is 10.0 Å². The molecule has 8 heteroatoms. The molecule has 0 spiro atoms. The van der Waals surface area contributed by atoms with Crippen molar-refractivity contribution in [2.45, 2.75) is 0 Å². The number of nitrogens with one attached hydrogen (secondary N) is 1. The van der Waals surface area contributed by atoms with Crippen molar-refractivity contribution in [1.29, 1.82) is 0 Å². The van der Waals surface area contributed by atoms with E-state index in [9.17, 15) is 13.5 Å². The SMILES string of the molecule is CS(=O)(=O)NN=Cc1cc(Br)cc(Br)c1O. The summed E-state index contributed by atoms with van der Waals surface area (Å²) < 4.78 is 22.7. The summed E-state index contributed by atoms with van der Waals surface area (Å²) in [5, 5.41) is 13.1. The average Bonchev–Trinajstić information content (AvgIpc) is 2.11. The molecule has 0 aliphatic carbocycles. The molecule has 0 saturated carbocycles. The van der Waals surface area contributed by atoms with E-state index in [-0.39, 0.29) is 5.75 Å². The third-order valence-electron chi connectivity index (χ3n) is 1.48. The van der Waals surface area contributed by atoms with Crippen LogP contribution in [0.5, 0.6) is 5.75 Å². The number of benzene rings is 1. The lowest BCUT2D eigenvalue weighted by Gasteiger charge is -2.02. The van der Waals surface area contributed by atoms with E-state index in [1.54, 1.807) is 12.1 Å². The molecule has 0 aliphatic rings. The van der Waals surface area contributed by atoms with Crippen molar-refractivity contribution in [3.05, 3.63) is 26.6 Å². The zero-order chi connectivity index (χ0) is 12.3. The van der Waals surface area contributed by atoms with Crippen molar-refractivity contribution in [2.75, 3.05) is 6.26 Å². The Morgan fingerprint density at radius 2 is 2.06 bits per heavy atom. The lowest BCUT2D eigenvalue weighted by molar-refractivity contribution is 0.471. The maximum Gasteiger partial charge on any atom is 0.244 e. The average molecular weight is 372 g/mol. The van der Waals surface area contributed by atoms with E-state index < -0.39 is 10.0 Å². The zero-order valence-electron chi connectivity index (χ0n) is 8.11. The molecule has 1 aromatic rings. The van der Waals surface area contributed by atoms with Gasteiger partial charge in [0.2, 0.25) is 10.0 Å². The van der Waals surface area contributed by atoms with Crippen molar-refractivity contribution in [2.24, 2.45) is 5.10 Å². The van der Waals surface area contributed by atoms with Crippen molar-refractivity contribution in [3.8, 4) is 5.75 Å². The maximum absolute atomic E-state index is 10.7. The Hall–Kier alpha value is -0.600. The summed E-state index contributed by atoms with van der Waals surface area (Å²) in [4.78, 5) is 1.94. The van der Waals surface area contributed by atoms with Crippen LogP contribution in [0.1, 0.15) is 5.56 Å². The molecular weight excluding hydrogens is 364 g/mol. The summed E-state index contributed by atoms with van der Waals surface area (Å²) >= 11 is 6.39.